The zero-order valence-electron chi connectivity index (χ0n) is 11.6. The van der Waals surface area contributed by atoms with Gasteiger partial charge in [0.15, 0.2) is 0 Å². The van der Waals surface area contributed by atoms with Gasteiger partial charge in [0.25, 0.3) is 0 Å². The summed E-state index contributed by atoms with van der Waals surface area (Å²) in [5, 5.41) is 10.2. The highest BCUT2D eigenvalue weighted by molar-refractivity contribution is 5.28. The third-order valence-corrected chi connectivity index (χ3v) is 3.30. The Morgan fingerprint density at radius 1 is 1.21 bits per heavy atom. The molecule has 0 fully saturated rings. The highest BCUT2D eigenvalue weighted by Crippen LogP contribution is 2.25. The first-order chi connectivity index (χ1) is 9.10. The van der Waals surface area contributed by atoms with Crippen molar-refractivity contribution in [1.29, 1.82) is 0 Å². The SMILES string of the molecule is COc1ccc(CCC(O)c2cc(C)oc2C)cc1. The number of aliphatic hydroxyl groups excluding tert-OH is 1. The fraction of sp³-hybridized carbons (Fsp3) is 0.375. The molecular weight excluding hydrogens is 240 g/mol. The van der Waals surface area contributed by atoms with Gasteiger partial charge in [-0.2, -0.15) is 0 Å². The van der Waals surface area contributed by atoms with Crippen LogP contribution in [0.25, 0.3) is 0 Å². The molecule has 0 bridgehead atoms. The molecule has 1 aromatic carbocycles. The molecule has 1 heterocycles. The maximum atomic E-state index is 10.2. The van der Waals surface area contributed by atoms with Crippen molar-refractivity contribution in [2.75, 3.05) is 7.11 Å². The quantitative estimate of drug-likeness (QED) is 0.893. The Bertz CT molecular complexity index is 525. The number of hydrogen-bond acceptors (Lipinski definition) is 3. The van der Waals surface area contributed by atoms with Crippen molar-refractivity contribution < 1.29 is 14.3 Å². The summed E-state index contributed by atoms with van der Waals surface area (Å²) in [5.74, 6) is 2.50. The molecule has 0 saturated heterocycles. The summed E-state index contributed by atoms with van der Waals surface area (Å²) in [6.45, 7) is 3.78. The van der Waals surface area contributed by atoms with Gasteiger partial charge in [0.2, 0.25) is 0 Å². The molecular formula is C16H20O3. The topological polar surface area (TPSA) is 42.6 Å². The van der Waals surface area contributed by atoms with E-state index in [0.29, 0.717) is 6.42 Å². The van der Waals surface area contributed by atoms with Crippen LogP contribution in [0.4, 0.5) is 0 Å². The highest BCUT2D eigenvalue weighted by atomic mass is 16.5. The number of furan rings is 1. The number of rotatable bonds is 5. The largest absolute Gasteiger partial charge is 0.497 e. The van der Waals surface area contributed by atoms with Crippen molar-refractivity contribution in [3.63, 3.8) is 0 Å². The van der Waals surface area contributed by atoms with Crippen LogP contribution in [0.2, 0.25) is 0 Å². The van der Waals surface area contributed by atoms with Crippen LogP contribution < -0.4 is 4.74 Å². The number of ether oxygens (including phenoxy) is 1. The fourth-order valence-corrected chi connectivity index (χ4v) is 2.23. The van der Waals surface area contributed by atoms with Gasteiger partial charge in [-0.15, -0.1) is 0 Å². The lowest BCUT2D eigenvalue weighted by Crippen LogP contribution is -2.00. The van der Waals surface area contributed by atoms with Gasteiger partial charge in [-0.05, 0) is 50.5 Å². The molecule has 1 N–H and O–H groups in total. The molecule has 1 atom stereocenters. The fourth-order valence-electron chi connectivity index (χ4n) is 2.23. The maximum Gasteiger partial charge on any atom is 0.118 e. The molecule has 1 aromatic heterocycles. The number of benzene rings is 1. The summed E-state index contributed by atoms with van der Waals surface area (Å²) >= 11 is 0. The van der Waals surface area contributed by atoms with Crippen LogP contribution in [0.3, 0.4) is 0 Å². The van der Waals surface area contributed by atoms with Crippen LogP contribution in [-0.2, 0) is 6.42 Å². The third kappa shape index (κ3) is 3.38. The number of methoxy groups -OCH3 is 1. The summed E-state index contributed by atoms with van der Waals surface area (Å²) in [5.41, 5.74) is 2.09. The van der Waals surface area contributed by atoms with Crippen LogP contribution in [0.1, 0.15) is 35.2 Å². The zero-order valence-corrected chi connectivity index (χ0v) is 11.6. The smallest absolute Gasteiger partial charge is 0.118 e. The summed E-state index contributed by atoms with van der Waals surface area (Å²) < 4.78 is 10.6. The van der Waals surface area contributed by atoms with Crippen LogP contribution in [0.15, 0.2) is 34.7 Å². The summed E-state index contributed by atoms with van der Waals surface area (Å²) in [6, 6.07) is 9.84. The Hall–Kier alpha value is -1.74. The average Bonchev–Trinajstić information content (AvgIpc) is 2.75. The van der Waals surface area contributed by atoms with E-state index in [1.165, 1.54) is 5.56 Å². The van der Waals surface area contributed by atoms with E-state index in [4.69, 9.17) is 9.15 Å². The zero-order chi connectivity index (χ0) is 13.8. The minimum atomic E-state index is -0.473. The normalized spacial score (nSPS) is 12.4. The Labute approximate surface area is 113 Å². The predicted molar refractivity (Wildman–Crippen MR) is 74.5 cm³/mol. The standard InChI is InChI=1S/C16H20O3/c1-11-10-15(12(2)19-11)16(17)9-6-13-4-7-14(18-3)8-5-13/h4-5,7-8,10,16-17H,6,9H2,1-3H3. The summed E-state index contributed by atoms with van der Waals surface area (Å²) in [4.78, 5) is 0. The molecule has 0 amide bonds. The van der Waals surface area contributed by atoms with Crippen LogP contribution in [0.5, 0.6) is 5.75 Å². The van der Waals surface area contributed by atoms with Gasteiger partial charge < -0.3 is 14.3 Å². The van der Waals surface area contributed by atoms with E-state index in [-0.39, 0.29) is 0 Å². The van der Waals surface area contributed by atoms with Gasteiger partial charge in [-0.25, -0.2) is 0 Å². The first-order valence-corrected chi connectivity index (χ1v) is 6.48. The third-order valence-electron chi connectivity index (χ3n) is 3.30. The second-order valence-electron chi connectivity index (χ2n) is 4.77. The molecule has 0 saturated carbocycles. The number of aliphatic hydroxyl groups is 1. The Balaban J connectivity index is 1.96. The lowest BCUT2D eigenvalue weighted by Gasteiger charge is -2.10. The van der Waals surface area contributed by atoms with E-state index in [2.05, 4.69) is 0 Å². The maximum absolute atomic E-state index is 10.2. The average molecular weight is 260 g/mol. The lowest BCUT2D eigenvalue weighted by atomic mass is 10.0. The van der Waals surface area contributed by atoms with Gasteiger partial charge in [-0.3, -0.25) is 0 Å². The van der Waals surface area contributed by atoms with Gasteiger partial charge in [0.05, 0.1) is 13.2 Å². The van der Waals surface area contributed by atoms with E-state index in [1.807, 2.05) is 44.2 Å². The Morgan fingerprint density at radius 3 is 2.42 bits per heavy atom. The second kappa shape index (κ2) is 5.93. The van der Waals surface area contributed by atoms with Gasteiger partial charge in [0, 0.05) is 5.56 Å². The molecule has 3 heteroatoms. The van der Waals surface area contributed by atoms with Crippen molar-refractivity contribution in [2.45, 2.75) is 32.8 Å². The second-order valence-corrected chi connectivity index (χ2v) is 4.77. The number of hydrogen-bond donors (Lipinski definition) is 1. The molecule has 0 aliphatic heterocycles. The van der Waals surface area contributed by atoms with Crippen LogP contribution in [-0.4, -0.2) is 12.2 Å². The van der Waals surface area contributed by atoms with Crippen LogP contribution in [0, 0.1) is 13.8 Å². The van der Waals surface area contributed by atoms with Crippen molar-refractivity contribution >= 4 is 0 Å². The molecule has 0 aliphatic carbocycles. The van der Waals surface area contributed by atoms with Gasteiger partial charge in [0.1, 0.15) is 17.3 Å². The van der Waals surface area contributed by atoms with Crippen molar-refractivity contribution in [1.82, 2.24) is 0 Å². The Kier molecular flexibility index (Phi) is 4.27. The summed E-state index contributed by atoms with van der Waals surface area (Å²) in [7, 11) is 1.66. The van der Waals surface area contributed by atoms with E-state index in [9.17, 15) is 5.11 Å². The summed E-state index contributed by atoms with van der Waals surface area (Å²) in [6.07, 6.45) is 1.04. The van der Waals surface area contributed by atoms with Gasteiger partial charge >= 0.3 is 0 Å². The van der Waals surface area contributed by atoms with E-state index in [0.717, 1.165) is 29.3 Å². The van der Waals surface area contributed by atoms with Crippen LogP contribution >= 0.6 is 0 Å². The minimum Gasteiger partial charge on any atom is -0.497 e. The molecule has 19 heavy (non-hydrogen) atoms. The molecule has 0 spiro atoms. The molecule has 102 valence electrons. The Morgan fingerprint density at radius 2 is 1.89 bits per heavy atom. The lowest BCUT2D eigenvalue weighted by molar-refractivity contribution is 0.166. The monoisotopic (exact) mass is 260 g/mol. The molecule has 1 unspecified atom stereocenters. The van der Waals surface area contributed by atoms with Crippen molar-refractivity contribution in [3.05, 3.63) is 53.0 Å². The highest BCUT2D eigenvalue weighted by Gasteiger charge is 2.14. The first kappa shape index (κ1) is 13.7. The molecule has 2 rings (SSSR count). The van der Waals surface area contributed by atoms with E-state index < -0.39 is 6.10 Å². The minimum absolute atomic E-state index is 0.473. The molecule has 0 radical (unpaired) electrons. The molecule has 2 aromatic rings. The number of aryl methyl sites for hydroxylation is 3. The van der Waals surface area contributed by atoms with E-state index >= 15 is 0 Å². The van der Waals surface area contributed by atoms with E-state index in [1.54, 1.807) is 7.11 Å². The van der Waals surface area contributed by atoms with Crippen molar-refractivity contribution in [3.8, 4) is 5.75 Å². The predicted octanol–water partition coefficient (Wildman–Crippen LogP) is 3.57. The van der Waals surface area contributed by atoms with Crippen molar-refractivity contribution in [2.24, 2.45) is 0 Å². The molecule has 0 aliphatic rings. The first-order valence-electron chi connectivity index (χ1n) is 6.48. The van der Waals surface area contributed by atoms with Gasteiger partial charge in [-0.1, -0.05) is 12.1 Å². The molecule has 3 nitrogen and oxygen atoms in total.